The van der Waals surface area contributed by atoms with E-state index in [4.69, 9.17) is 5.26 Å². The first-order valence-corrected chi connectivity index (χ1v) is 7.18. The third kappa shape index (κ3) is 3.24. The zero-order chi connectivity index (χ0) is 13.0. The van der Waals surface area contributed by atoms with E-state index in [1.54, 1.807) is 0 Å². The van der Waals surface area contributed by atoms with Crippen molar-refractivity contribution in [3.8, 4) is 6.07 Å². The zero-order valence-electron chi connectivity index (χ0n) is 10.6. The summed E-state index contributed by atoms with van der Waals surface area (Å²) in [4.78, 5) is 2.49. The molecule has 1 unspecified atom stereocenters. The van der Waals surface area contributed by atoms with Crippen LogP contribution in [-0.4, -0.2) is 31.1 Å². The number of hydrogen-bond donors (Lipinski definition) is 1. The van der Waals surface area contributed by atoms with Crippen LogP contribution in [0.1, 0.15) is 18.9 Å². The second-order valence-electron chi connectivity index (χ2n) is 4.74. The van der Waals surface area contributed by atoms with Gasteiger partial charge in [-0.15, -0.1) is 0 Å². The molecule has 1 heterocycles. The van der Waals surface area contributed by atoms with Gasteiger partial charge < -0.3 is 10.2 Å². The molecule has 0 amide bonds. The van der Waals surface area contributed by atoms with E-state index < -0.39 is 0 Å². The van der Waals surface area contributed by atoms with Crippen LogP contribution < -0.4 is 5.32 Å². The lowest BCUT2D eigenvalue weighted by atomic mass is 10.1. The van der Waals surface area contributed by atoms with E-state index >= 15 is 0 Å². The summed E-state index contributed by atoms with van der Waals surface area (Å²) in [5.41, 5.74) is 1.76. The Kier molecular flexibility index (Phi) is 4.62. The van der Waals surface area contributed by atoms with Gasteiger partial charge in [-0.05, 0) is 59.6 Å². The van der Waals surface area contributed by atoms with Crippen molar-refractivity contribution < 1.29 is 0 Å². The molecule has 0 spiro atoms. The summed E-state index contributed by atoms with van der Waals surface area (Å²) in [6.45, 7) is 6.79. The average Bonchev–Trinajstić information content (AvgIpc) is 2.84. The Hall–Kier alpha value is -1.05. The largest absolute Gasteiger partial charge is 0.385 e. The lowest BCUT2D eigenvalue weighted by Gasteiger charge is -2.14. The minimum Gasteiger partial charge on any atom is -0.385 e. The summed E-state index contributed by atoms with van der Waals surface area (Å²) in [5.74, 6) is 0.736. The number of benzene rings is 1. The highest BCUT2D eigenvalue weighted by Crippen LogP contribution is 2.22. The predicted molar refractivity (Wildman–Crippen MR) is 77.6 cm³/mol. The molecule has 1 N–H and O–H groups in total. The Morgan fingerprint density at radius 1 is 1.56 bits per heavy atom. The maximum Gasteiger partial charge on any atom is 0.100 e. The smallest absolute Gasteiger partial charge is 0.100 e. The molecule has 4 heteroatoms. The number of hydrogen-bond acceptors (Lipinski definition) is 3. The third-order valence-corrected chi connectivity index (χ3v) is 4.16. The summed E-state index contributed by atoms with van der Waals surface area (Å²) in [5, 5.41) is 12.3. The highest BCUT2D eigenvalue weighted by molar-refractivity contribution is 9.10. The molecule has 1 aliphatic rings. The Balaban J connectivity index is 1.87. The number of anilines is 1. The highest BCUT2D eigenvalue weighted by atomic mass is 79.9. The minimum atomic E-state index is 0.679. The van der Waals surface area contributed by atoms with Crippen molar-refractivity contribution in [1.82, 2.24) is 4.90 Å². The van der Waals surface area contributed by atoms with Crippen molar-refractivity contribution >= 4 is 21.6 Å². The SMILES string of the molecule is CCN1CCC(CNc2ccc(C#N)c(Br)c2)C1. The van der Waals surface area contributed by atoms with Crippen LogP contribution in [0.3, 0.4) is 0 Å². The molecular weight excluding hydrogens is 290 g/mol. The van der Waals surface area contributed by atoms with Gasteiger partial charge in [-0.3, -0.25) is 0 Å². The summed E-state index contributed by atoms with van der Waals surface area (Å²) >= 11 is 3.41. The van der Waals surface area contributed by atoms with E-state index in [0.29, 0.717) is 5.56 Å². The van der Waals surface area contributed by atoms with Gasteiger partial charge in [-0.1, -0.05) is 6.92 Å². The molecule has 1 saturated heterocycles. The van der Waals surface area contributed by atoms with E-state index in [-0.39, 0.29) is 0 Å². The van der Waals surface area contributed by atoms with Gasteiger partial charge in [0.15, 0.2) is 0 Å². The van der Waals surface area contributed by atoms with Crippen LogP contribution in [0.2, 0.25) is 0 Å². The van der Waals surface area contributed by atoms with Crippen molar-refractivity contribution in [3.05, 3.63) is 28.2 Å². The number of nitriles is 1. The molecule has 1 aromatic rings. The highest BCUT2D eigenvalue weighted by Gasteiger charge is 2.20. The number of halogens is 1. The second kappa shape index (κ2) is 6.21. The Morgan fingerprint density at radius 2 is 2.39 bits per heavy atom. The molecule has 18 heavy (non-hydrogen) atoms. The van der Waals surface area contributed by atoms with Crippen LogP contribution in [0.4, 0.5) is 5.69 Å². The lowest BCUT2D eigenvalue weighted by molar-refractivity contribution is 0.345. The first-order chi connectivity index (χ1) is 8.72. The summed E-state index contributed by atoms with van der Waals surface area (Å²) < 4.78 is 0.858. The van der Waals surface area contributed by atoms with Gasteiger partial charge in [0.1, 0.15) is 6.07 Å². The molecule has 2 rings (SSSR count). The average molecular weight is 308 g/mol. The van der Waals surface area contributed by atoms with Crippen molar-refractivity contribution in [2.75, 3.05) is 31.5 Å². The Bertz CT molecular complexity index is 453. The van der Waals surface area contributed by atoms with E-state index in [1.165, 1.54) is 19.5 Å². The van der Waals surface area contributed by atoms with Crippen LogP contribution in [0.25, 0.3) is 0 Å². The van der Waals surface area contributed by atoms with Crippen LogP contribution in [0, 0.1) is 17.2 Å². The number of likely N-dealkylation sites (tertiary alicyclic amines) is 1. The van der Waals surface area contributed by atoms with Crippen molar-refractivity contribution in [2.45, 2.75) is 13.3 Å². The number of nitrogens with one attached hydrogen (secondary N) is 1. The molecule has 96 valence electrons. The first kappa shape index (κ1) is 13.4. The van der Waals surface area contributed by atoms with Crippen LogP contribution in [0.5, 0.6) is 0 Å². The monoisotopic (exact) mass is 307 g/mol. The van der Waals surface area contributed by atoms with E-state index in [2.05, 4.69) is 39.1 Å². The Labute approximate surface area is 117 Å². The van der Waals surface area contributed by atoms with E-state index in [0.717, 1.165) is 29.2 Å². The van der Waals surface area contributed by atoms with Gasteiger partial charge in [-0.25, -0.2) is 0 Å². The Morgan fingerprint density at radius 3 is 3.00 bits per heavy atom. The predicted octanol–water partition coefficient (Wildman–Crippen LogP) is 3.07. The van der Waals surface area contributed by atoms with Gasteiger partial charge in [-0.2, -0.15) is 5.26 Å². The van der Waals surface area contributed by atoms with Gasteiger partial charge in [0, 0.05) is 23.2 Å². The topological polar surface area (TPSA) is 39.1 Å². The molecule has 0 bridgehead atoms. The fraction of sp³-hybridized carbons (Fsp3) is 0.500. The number of nitrogens with zero attached hydrogens (tertiary/aromatic N) is 2. The first-order valence-electron chi connectivity index (χ1n) is 6.38. The maximum atomic E-state index is 8.86. The van der Waals surface area contributed by atoms with Crippen molar-refractivity contribution in [1.29, 1.82) is 5.26 Å². The second-order valence-corrected chi connectivity index (χ2v) is 5.59. The van der Waals surface area contributed by atoms with Crippen LogP contribution in [0.15, 0.2) is 22.7 Å². The number of rotatable bonds is 4. The normalized spacial score (nSPS) is 19.7. The minimum absolute atomic E-state index is 0.679. The van der Waals surface area contributed by atoms with Crippen molar-refractivity contribution in [2.24, 2.45) is 5.92 Å². The fourth-order valence-electron chi connectivity index (χ4n) is 2.34. The standard InChI is InChI=1S/C14H18BrN3/c1-2-18-6-5-11(10-18)9-17-13-4-3-12(8-16)14(15)7-13/h3-4,7,11,17H,2,5-6,9-10H2,1H3. The van der Waals surface area contributed by atoms with Gasteiger partial charge in [0.05, 0.1) is 5.56 Å². The van der Waals surface area contributed by atoms with E-state index in [1.807, 2.05) is 18.2 Å². The lowest BCUT2D eigenvalue weighted by Crippen LogP contribution is -2.22. The molecule has 1 aromatic carbocycles. The quantitative estimate of drug-likeness (QED) is 0.929. The maximum absolute atomic E-state index is 8.86. The van der Waals surface area contributed by atoms with Gasteiger partial charge in [0.2, 0.25) is 0 Å². The van der Waals surface area contributed by atoms with Gasteiger partial charge >= 0.3 is 0 Å². The fourth-order valence-corrected chi connectivity index (χ4v) is 2.81. The summed E-state index contributed by atoms with van der Waals surface area (Å²) in [7, 11) is 0. The molecule has 1 fully saturated rings. The van der Waals surface area contributed by atoms with Crippen LogP contribution in [-0.2, 0) is 0 Å². The molecule has 0 radical (unpaired) electrons. The molecule has 0 aliphatic carbocycles. The zero-order valence-corrected chi connectivity index (χ0v) is 12.2. The summed E-state index contributed by atoms with van der Waals surface area (Å²) in [6.07, 6.45) is 1.28. The molecule has 0 aromatic heterocycles. The molecular formula is C14H18BrN3. The molecule has 1 atom stereocenters. The molecule has 1 aliphatic heterocycles. The summed E-state index contributed by atoms with van der Waals surface area (Å²) in [6, 6.07) is 7.94. The molecule has 0 saturated carbocycles. The van der Waals surface area contributed by atoms with Crippen molar-refractivity contribution in [3.63, 3.8) is 0 Å². The van der Waals surface area contributed by atoms with E-state index in [9.17, 15) is 0 Å². The molecule has 3 nitrogen and oxygen atoms in total. The van der Waals surface area contributed by atoms with Gasteiger partial charge in [0.25, 0.3) is 0 Å². The van der Waals surface area contributed by atoms with Crippen LogP contribution >= 0.6 is 15.9 Å². The third-order valence-electron chi connectivity index (χ3n) is 3.50.